The van der Waals surface area contributed by atoms with Gasteiger partial charge in [-0.15, -0.1) is 0 Å². The molecule has 0 saturated heterocycles. The zero-order chi connectivity index (χ0) is 22.3. The molecule has 0 saturated carbocycles. The van der Waals surface area contributed by atoms with E-state index in [4.69, 9.17) is 0 Å². The van der Waals surface area contributed by atoms with Gasteiger partial charge >= 0.3 is 5.97 Å². The standard InChI is InChI=1S/C22H21N3O4S2/c1-4-24-13-16(12-23-24)25-14(2)21(30-17-7-5-6-15(10-17)22(26)27)19-9-8-18(11-20(19)25)31(3,28)29/h5-13H,4H2,1-3H3,(H,26,27). The van der Waals surface area contributed by atoms with Crippen molar-refractivity contribution in [1.29, 1.82) is 0 Å². The molecule has 0 aliphatic heterocycles. The van der Waals surface area contributed by atoms with Crippen molar-refractivity contribution in [1.82, 2.24) is 14.3 Å². The lowest BCUT2D eigenvalue weighted by molar-refractivity contribution is 0.0696. The number of carboxylic acids is 1. The Labute approximate surface area is 184 Å². The minimum atomic E-state index is -3.38. The molecule has 0 radical (unpaired) electrons. The van der Waals surface area contributed by atoms with Crippen LogP contribution >= 0.6 is 11.8 Å². The topological polar surface area (TPSA) is 94.2 Å². The molecule has 0 fully saturated rings. The van der Waals surface area contributed by atoms with Gasteiger partial charge in [-0.25, -0.2) is 13.2 Å². The summed E-state index contributed by atoms with van der Waals surface area (Å²) < 4.78 is 28.1. The summed E-state index contributed by atoms with van der Waals surface area (Å²) in [5.74, 6) is -0.980. The van der Waals surface area contributed by atoms with Crippen LogP contribution in [-0.2, 0) is 16.4 Å². The molecule has 9 heteroatoms. The Morgan fingerprint density at radius 1 is 1.19 bits per heavy atom. The molecule has 0 aliphatic carbocycles. The quantitative estimate of drug-likeness (QED) is 0.463. The van der Waals surface area contributed by atoms with Crippen molar-refractivity contribution in [2.45, 2.75) is 35.1 Å². The number of hydrogen-bond donors (Lipinski definition) is 1. The van der Waals surface area contributed by atoms with Crippen LogP contribution in [-0.4, -0.2) is 40.1 Å². The van der Waals surface area contributed by atoms with E-state index in [9.17, 15) is 18.3 Å². The van der Waals surface area contributed by atoms with Crippen LogP contribution in [0.1, 0.15) is 23.0 Å². The van der Waals surface area contributed by atoms with Gasteiger partial charge in [-0.3, -0.25) is 4.68 Å². The van der Waals surface area contributed by atoms with Gasteiger partial charge in [0.2, 0.25) is 0 Å². The van der Waals surface area contributed by atoms with E-state index in [2.05, 4.69) is 5.10 Å². The highest BCUT2D eigenvalue weighted by atomic mass is 32.2. The van der Waals surface area contributed by atoms with Crippen LogP contribution < -0.4 is 0 Å². The largest absolute Gasteiger partial charge is 0.478 e. The van der Waals surface area contributed by atoms with E-state index in [0.717, 1.165) is 38.6 Å². The summed E-state index contributed by atoms with van der Waals surface area (Å²) in [5, 5.41) is 14.6. The molecule has 0 bridgehead atoms. The van der Waals surface area contributed by atoms with Gasteiger partial charge < -0.3 is 9.67 Å². The maximum absolute atomic E-state index is 12.2. The van der Waals surface area contributed by atoms with Gasteiger partial charge in [0.1, 0.15) is 0 Å². The van der Waals surface area contributed by atoms with E-state index in [1.807, 2.05) is 41.4 Å². The number of nitrogens with zero attached hydrogens (tertiary/aromatic N) is 3. The molecule has 4 rings (SSSR count). The summed E-state index contributed by atoms with van der Waals surface area (Å²) in [5.41, 5.74) is 2.73. The van der Waals surface area contributed by atoms with Crippen molar-refractivity contribution in [2.24, 2.45) is 0 Å². The minimum Gasteiger partial charge on any atom is -0.478 e. The number of aromatic carboxylic acids is 1. The van der Waals surface area contributed by atoms with Crippen molar-refractivity contribution >= 4 is 38.5 Å². The third kappa shape index (κ3) is 3.98. The number of hydrogen-bond acceptors (Lipinski definition) is 5. The first-order chi connectivity index (χ1) is 14.7. The van der Waals surface area contributed by atoms with E-state index in [-0.39, 0.29) is 10.5 Å². The fourth-order valence-electron chi connectivity index (χ4n) is 3.51. The second-order valence-corrected chi connectivity index (χ2v) is 10.3. The molecule has 31 heavy (non-hydrogen) atoms. The van der Waals surface area contributed by atoms with Gasteiger partial charge in [0.15, 0.2) is 9.84 Å². The molecule has 4 aromatic rings. The Bertz CT molecular complexity index is 1420. The second-order valence-electron chi connectivity index (χ2n) is 7.19. The summed E-state index contributed by atoms with van der Waals surface area (Å²) >= 11 is 1.46. The van der Waals surface area contributed by atoms with Gasteiger partial charge in [0.25, 0.3) is 0 Å². The predicted octanol–water partition coefficient (Wildman–Crippen LogP) is 4.41. The third-order valence-electron chi connectivity index (χ3n) is 5.05. The van der Waals surface area contributed by atoms with Crippen molar-refractivity contribution in [3.8, 4) is 5.69 Å². The molecule has 2 heterocycles. The Hall–Kier alpha value is -3.04. The summed E-state index contributed by atoms with van der Waals surface area (Å²) in [4.78, 5) is 13.3. The van der Waals surface area contributed by atoms with E-state index in [1.54, 1.807) is 36.5 Å². The summed E-state index contributed by atoms with van der Waals surface area (Å²) in [6, 6.07) is 11.9. The summed E-state index contributed by atoms with van der Waals surface area (Å²) in [7, 11) is -3.38. The molecule has 0 atom stereocenters. The predicted molar refractivity (Wildman–Crippen MR) is 120 cm³/mol. The number of aromatic nitrogens is 3. The average Bonchev–Trinajstić information content (AvgIpc) is 3.30. The zero-order valence-electron chi connectivity index (χ0n) is 17.2. The molecule has 2 aromatic heterocycles. The highest BCUT2D eigenvalue weighted by Crippen LogP contribution is 2.40. The van der Waals surface area contributed by atoms with Gasteiger partial charge in [-0.1, -0.05) is 23.9 Å². The van der Waals surface area contributed by atoms with Crippen LogP contribution in [0.2, 0.25) is 0 Å². The van der Waals surface area contributed by atoms with Gasteiger partial charge in [-0.05, 0) is 44.2 Å². The Morgan fingerprint density at radius 3 is 2.61 bits per heavy atom. The Morgan fingerprint density at radius 2 is 1.97 bits per heavy atom. The normalized spacial score (nSPS) is 11.8. The van der Waals surface area contributed by atoms with Crippen molar-refractivity contribution in [3.63, 3.8) is 0 Å². The molecule has 0 amide bonds. The monoisotopic (exact) mass is 455 g/mol. The lowest BCUT2D eigenvalue weighted by Gasteiger charge is -2.07. The molecule has 0 unspecified atom stereocenters. The highest BCUT2D eigenvalue weighted by Gasteiger charge is 2.20. The number of rotatable bonds is 6. The van der Waals surface area contributed by atoms with Gasteiger partial charge in [0, 0.05) is 39.9 Å². The number of carboxylic acid groups (broad SMARTS) is 1. The zero-order valence-corrected chi connectivity index (χ0v) is 18.9. The fourth-order valence-corrected chi connectivity index (χ4v) is 5.24. The maximum atomic E-state index is 12.2. The lowest BCUT2D eigenvalue weighted by Crippen LogP contribution is -1.99. The van der Waals surface area contributed by atoms with E-state index in [0.29, 0.717) is 0 Å². The van der Waals surface area contributed by atoms with Crippen molar-refractivity contribution in [3.05, 3.63) is 66.1 Å². The minimum absolute atomic E-state index is 0.218. The van der Waals surface area contributed by atoms with Crippen LogP contribution in [0.15, 0.2) is 69.5 Å². The Balaban J connectivity index is 1.94. The number of benzene rings is 2. The summed E-state index contributed by atoms with van der Waals surface area (Å²) in [6.07, 6.45) is 4.86. The smallest absolute Gasteiger partial charge is 0.335 e. The fraction of sp³-hybridized carbons (Fsp3) is 0.182. The first-order valence-electron chi connectivity index (χ1n) is 9.58. The van der Waals surface area contributed by atoms with Crippen LogP contribution in [0.3, 0.4) is 0 Å². The second kappa shape index (κ2) is 7.90. The molecule has 160 valence electrons. The van der Waals surface area contributed by atoms with Crippen LogP contribution in [0.25, 0.3) is 16.6 Å². The van der Waals surface area contributed by atoms with Crippen LogP contribution in [0.4, 0.5) is 0 Å². The van der Waals surface area contributed by atoms with E-state index < -0.39 is 15.8 Å². The molecule has 2 aromatic carbocycles. The number of carbonyl (C=O) groups is 1. The SMILES string of the molecule is CCn1cc(-n2c(C)c(Sc3cccc(C(=O)O)c3)c3ccc(S(C)(=O)=O)cc32)cn1. The summed E-state index contributed by atoms with van der Waals surface area (Å²) in [6.45, 7) is 4.68. The molecule has 0 spiro atoms. The first kappa shape index (κ1) is 21.2. The van der Waals surface area contributed by atoms with E-state index in [1.165, 1.54) is 18.0 Å². The average molecular weight is 456 g/mol. The van der Waals surface area contributed by atoms with Crippen molar-refractivity contribution in [2.75, 3.05) is 6.26 Å². The Kier molecular flexibility index (Phi) is 5.40. The molecule has 7 nitrogen and oxygen atoms in total. The number of aryl methyl sites for hydroxylation is 1. The van der Waals surface area contributed by atoms with Crippen LogP contribution in [0.5, 0.6) is 0 Å². The van der Waals surface area contributed by atoms with E-state index >= 15 is 0 Å². The van der Waals surface area contributed by atoms with Gasteiger partial charge in [-0.2, -0.15) is 5.10 Å². The van der Waals surface area contributed by atoms with Crippen molar-refractivity contribution < 1.29 is 18.3 Å². The molecule has 1 N–H and O–H groups in total. The number of fused-ring (bicyclic) bond motifs is 1. The maximum Gasteiger partial charge on any atom is 0.335 e. The lowest BCUT2D eigenvalue weighted by atomic mass is 10.2. The van der Waals surface area contributed by atoms with Gasteiger partial charge in [0.05, 0.1) is 27.9 Å². The third-order valence-corrected chi connectivity index (χ3v) is 7.37. The highest BCUT2D eigenvalue weighted by molar-refractivity contribution is 7.99. The number of sulfone groups is 1. The first-order valence-corrected chi connectivity index (χ1v) is 12.3. The molecular weight excluding hydrogens is 434 g/mol. The molecular formula is C22H21N3O4S2. The molecule has 0 aliphatic rings. The van der Waals surface area contributed by atoms with Crippen LogP contribution in [0, 0.1) is 6.92 Å².